The molecule has 1 aromatic carbocycles. The Morgan fingerprint density at radius 2 is 2.17 bits per heavy atom. The molecule has 0 unspecified atom stereocenters. The van der Waals surface area contributed by atoms with Crippen LogP contribution < -0.4 is 0 Å². The van der Waals surface area contributed by atoms with E-state index in [9.17, 15) is 4.79 Å². The van der Waals surface area contributed by atoms with Gasteiger partial charge in [-0.1, -0.05) is 11.6 Å². The molecule has 0 aliphatic heterocycles. The zero-order valence-corrected chi connectivity index (χ0v) is 13.5. The van der Waals surface area contributed by atoms with Crippen molar-refractivity contribution in [1.82, 2.24) is 4.90 Å². The first-order valence-corrected chi connectivity index (χ1v) is 7.94. The molecule has 0 N–H and O–H groups in total. The van der Waals surface area contributed by atoms with Crippen LogP contribution in [-0.4, -0.2) is 29.3 Å². The molecule has 1 aliphatic carbocycles. The maximum absolute atomic E-state index is 12.4. The fourth-order valence-electron chi connectivity index (χ4n) is 2.03. The van der Waals surface area contributed by atoms with Crippen LogP contribution in [-0.2, 0) is 0 Å². The van der Waals surface area contributed by atoms with E-state index in [1.54, 1.807) is 6.07 Å². The zero-order valence-electron chi connectivity index (χ0n) is 9.83. The third-order valence-corrected chi connectivity index (χ3v) is 5.01. The molecule has 1 amide bonds. The lowest BCUT2D eigenvalue weighted by atomic mass is 9.91. The van der Waals surface area contributed by atoms with E-state index in [1.165, 1.54) is 6.42 Å². The van der Waals surface area contributed by atoms with Crippen LogP contribution in [0.5, 0.6) is 0 Å². The normalized spacial score (nSPS) is 15.3. The van der Waals surface area contributed by atoms with Crippen LogP contribution in [0.15, 0.2) is 18.2 Å². The average Bonchev–Trinajstić information content (AvgIpc) is 2.29. The lowest BCUT2D eigenvalue weighted by molar-refractivity contribution is 0.0598. The highest BCUT2D eigenvalue weighted by Crippen LogP contribution is 2.27. The molecule has 0 heterocycles. The summed E-state index contributed by atoms with van der Waals surface area (Å²) in [5.41, 5.74) is 0.650. The minimum atomic E-state index is 0.0404. The lowest BCUT2D eigenvalue weighted by Crippen LogP contribution is -2.45. The molecule has 1 aliphatic rings. The fraction of sp³-hybridized carbons (Fsp3) is 0.462. The van der Waals surface area contributed by atoms with Gasteiger partial charge in [-0.25, -0.2) is 0 Å². The van der Waals surface area contributed by atoms with Gasteiger partial charge in [-0.2, -0.15) is 0 Å². The van der Waals surface area contributed by atoms with Crippen LogP contribution >= 0.6 is 45.8 Å². The third-order valence-electron chi connectivity index (χ3n) is 3.27. The Kier molecular flexibility index (Phi) is 5.15. The van der Waals surface area contributed by atoms with Crippen molar-refractivity contribution in [2.75, 3.05) is 12.4 Å². The SMILES string of the molecule is O=C(c1ccc(I)c(Cl)c1)N(CCCl)C1CCC1. The van der Waals surface area contributed by atoms with Crippen LogP contribution in [0.3, 0.4) is 0 Å². The Balaban J connectivity index is 2.18. The van der Waals surface area contributed by atoms with Gasteiger partial charge in [-0.05, 0) is 60.1 Å². The number of rotatable bonds is 4. The molecular weight excluding hydrogens is 384 g/mol. The number of halogens is 3. The summed E-state index contributed by atoms with van der Waals surface area (Å²) in [5.74, 6) is 0.513. The molecule has 2 nitrogen and oxygen atoms in total. The highest BCUT2D eigenvalue weighted by Gasteiger charge is 2.29. The van der Waals surface area contributed by atoms with E-state index in [0.717, 1.165) is 16.4 Å². The lowest BCUT2D eigenvalue weighted by Gasteiger charge is -2.37. The molecule has 1 fully saturated rings. The number of benzene rings is 1. The van der Waals surface area contributed by atoms with Crippen molar-refractivity contribution in [3.05, 3.63) is 32.4 Å². The summed E-state index contributed by atoms with van der Waals surface area (Å²) in [6.07, 6.45) is 3.37. The molecule has 0 bridgehead atoms. The molecule has 18 heavy (non-hydrogen) atoms. The number of nitrogens with zero attached hydrogens (tertiary/aromatic N) is 1. The Bertz CT molecular complexity index is 449. The van der Waals surface area contributed by atoms with Gasteiger partial charge < -0.3 is 4.90 Å². The summed E-state index contributed by atoms with van der Waals surface area (Å²) < 4.78 is 0.957. The molecule has 1 aromatic rings. The van der Waals surface area contributed by atoms with E-state index in [2.05, 4.69) is 22.6 Å². The van der Waals surface area contributed by atoms with Gasteiger partial charge in [0.25, 0.3) is 5.91 Å². The van der Waals surface area contributed by atoms with E-state index >= 15 is 0 Å². The zero-order chi connectivity index (χ0) is 13.1. The van der Waals surface area contributed by atoms with Gasteiger partial charge in [0.2, 0.25) is 0 Å². The molecule has 98 valence electrons. The van der Waals surface area contributed by atoms with Crippen molar-refractivity contribution in [3.63, 3.8) is 0 Å². The van der Waals surface area contributed by atoms with Crippen LogP contribution in [0.4, 0.5) is 0 Å². The fourth-order valence-corrected chi connectivity index (χ4v) is 2.73. The van der Waals surface area contributed by atoms with Crippen molar-refractivity contribution in [2.24, 2.45) is 0 Å². The predicted molar refractivity (Wildman–Crippen MR) is 83.6 cm³/mol. The minimum absolute atomic E-state index is 0.0404. The van der Waals surface area contributed by atoms with Crippen LogP contribution in [0.1, 0.15) is 29.6 Å². The average molecular weight is 398 g/mol. The summed E-state index contributed by atoms with van der Waals surface area (Å²) in [7, 11) is 0. The van der Waals surface area contributed by atoms with E-state index in [0.29, 0.717) is 29.1 Å². The second-order valence-electron chi connectivity index (χ2n) is 4.40. The van der Waals surface area contributed by atoms with Gasteiger partial charge in [0, 0.05) is 27.6 Å². The van der Waals surface area contributed by atoms with Crippen LogP contribution in [0.2, 0.25) is 5.02 Å². The Morgan fingerprint density at radius 1 is 1.44 bits per heavy atom. The van der Waals surface area contributed by atoms with Crippen molar-refractivity contribution >= 4 is 51.7 Å². The molecule has 2 rings (SSSR count). The van der Waals surface area contributed by atoms with Gasteiger partial charge in [-0.15, -0.1) is 11.6 Å². The highest BCUT2D eigenvalue weighted by atomic mass is 127. The second kappa shape index (κ2) is 6.44. The Hall–Kier alpha value is -0.000000000000000167. The topological polar surface area (TPSA) is 20.3 Å². The first-order valence-electron chi connectivity index (χ1n) is 5.95. The molecule has 0 spiro atoms. The number of hydrogen-bond acceptors (Lipinski definition) is 1. The number of carbonyl (C=O) groups excluding carboxylic acids is 1. The largest absolute Gasteiger partial charge is 0.334 e. The maximum Gasteiger partial charge on any atom is 0.254 e. The van der Waals surface area contributed by atoms with Crippen molar-refractivity contribution < 1.29 is 4.79 Å². The summed E-state index contributed by atoms with van der Waals surface area (Å²) in [6, 6.07) is 5.80. The number of amides is 1. The molecule has 0 aromatic heterocycles. The first-order chi connectivity index (χ1) is 8.63. The standard InChI is InChI=1S/C13H14Cl2INO/c14-6-7-17(10-2-1-3-10)13(18)9-4-5-12(16)11(15)8-9/h4-5,8,10H,1-3,6-7H2. The van der Waals surface area contributed by atoms with Gasteiger partial charge >= 0.3 is 0 Å². The van der Waals surface area contributed by atoms with Crippen molar-refractivity contribution in [3.8, 4) is 0 Å². The van der Waals surface area contributed by atoms with E-state index in [-0.39, 0.29) is 5.91 Å². The predicted octanol–water partition coefficient (Wildman–Crippen LogP) is 4.18. The monoisotopic (exact) mass is 397 g/mol. The molecule has 5 heteroatoms. The van der Waals surface area contributed by atoms with Gasteiger partial charge in [0.1, 0.15) is 0 Å². The molecule has 0 saturated heterocycles. The van der Waals surface area contributed by atoms with Gasteiger partial charge in [0.15, 0.2) is 0 Å². The summed E-state index contributed by atoms with van der Waals surface area (Å²) in [4.78, 5) is 14.3. The first kappa shape index (κ1) is 14.4. The number of alkyl halides is 1. The van der Waals surface area contributed by atoms with Crippen molar-refractivity contribution in [1.29, 1.82) is 0 Å². The van der Waals surface area contributed by atoms with Crippen LogP contribution in [0.25, 0.3) is 0 Å². The molecule has 0 radical (unpaired) electrons. The molecular formula is C13H14Cl2INO. The Labute approximate surface area is 131 Å². The maximum atomic E-state index is 12.4. The quantitative estimate of drug-likeness (QED) is 0.551. The smallest absolute Gasteiger partial charge is 0.254 e. The Morgan fingerprint density at radius 3 is 2.67 bits per heavy atom. The summed E-state index contributed by atoms with van der Waals surface area (Å²) >= 11 is 14.0. The third kappa shape index (κ3) is 3.11. The number of hydrogen-bond donors (Lipinski definition) is 0. The van der Waals surface area contributed by atoms with Crippen molar-refractivity contribution in [2.45, 2.75) is 25.3 Å². The second-order valence-corrected chi connectivity index (χ2v) is 6.35. The molecule has 0 atom stereocenters. The van der Waals surface area contributed by atoms with E-state index < -0.39 is 0 Å². The summed E-state index contributed by atoms with van der Waals surface area (Å²) in [6.45, 7) is 0.606. The number of carbonyl (C=O) groups is 1. The van der Waals surface area contributed by atoms with Gasteiger partial charge in [0.05, 0.1) is 5.02 Å². The minimum Gasteiger partial charge on any atom is -0.334 e. The van der Waals surface area contributed by atoms with Gasteiger partial charge in [-0.3, -0.25) is 4.79 Å². The molecule has 1 saturated carbocycles. The van der Waals surface area contributed by atoms with E-state index in [1.807, 2.05) is 17.0 Å². The highest BCUT2D eigenvalue weighted by molar-refractivity contribution is 14.1. The van der Waals surface area contributed by atoms with Crippen LogP contribution in [0, 0.1) is 3.57 Å². The summed E-state index contributed by atoms with van der Waals surface area (Å²) in [5, 5.41) is 0.626. The van der Waals surface area contributed by atoms with E-state index in [4.69, 9.17) is 23.2 Å².